The largest absolute Gasteiger partial charge is 0.479 e. The Bertz CT molecular complexity index is 1350. The lowest BCUT2D eigenvalue weighted by molar-refractivity contribution is -0.280. The number of ketones is 1. The number of rotatable bonds is 9. The van der Waals surface area contributed by atoms with Gasteiger partial charge in [-0.1, -0.05) is 36.2 Å². The Morgan fingerprint density at radius 1 is 1.13 bits per heavy atom. The molecule has 11 heteroatoms. The average molecular weight is 548 g/mol. The van der Waals surface area contributed by atoms with Gasteiger partial charge < -0.3 is 19.6 Å². The van der Waals surface area contributed by atoms with Gasteiger partial charge in [0.25, 0.3) is 6.01 Å². The first-order chi connectivity index (χ1) is 18.2. The van der Waals surface area contributed by atoms with E-state index in [9.17, 15) is 14.7 Å². The number of para-hydroxylation sites is 1. The van der Waals surface area contributed by atoms with Crippen LogP contribution in [0.25, 0.3) is 11.1 Å². The van der Waals surface area contributed by atoms with E-state index in [2.05, 4.69) is 10.3 Å². The molecule has 2 heterocycles. The number of carboxylic acid groups (broad SMARTS) is 1. The van der Waals surface area contributed by atoms with Gasteiger partial charge in [-0.3, -0.25) is 4.79 Å². The lowest BCUT2D eigenvalue weighted by atomic mass is 9.84. The van der Waals surface area contributed by atoms with E-state index in [-0.39, 0.29) is 48.6 Å². The van der Waals surface area contributed by atoms with Crippen LogP contribution in [0.5, 0.6) is 0 Å². The van der Waals surface area contributed by atoms with Gasteiger partial charge in [0, 0.05) is 19.5 Å². The van der Waals surface area contributed by atoms with Crippen molar-refractivity contribution in [1.82, 2.24) is 9.88 Å². The van der Waals surface area contributed by atoms with E-state index in [4.69, 9.17) is 20.8 Å². The molecule has 8 nitrogen and oxygen atoms in total. The monoisotopic (exact) mass is 547 g/mol. The van der Waals surface area contributed by atoms with Gasteiger partial charge in [-0.05, 0) is 62.3 Å². The molecular formula is C27H28ClF2N3O5. The number of hydrogen-bond donors (Lipinski definition) is 2. The molecule has 0 spiro atoms. The molecule has 0 radical (unpaired) electrons. The number of carbonyl (C=O) groups is 2. The molecule has 5 rings (SSSR count). The number of Topliss-reactive ketones (excluding diaryl/α,β-unsaturated/α-hetero) is 1. The van der Waals surface area contributed by atoms with Gasteiger partial charge in [0.15, 0.2) is 17.0 Å². The summed E-state index contributed by atoms with van der Waals surface area (Å²) in [5.41, 5.74) is -1.41. The predicted molar refractivity (Wildman–Crippen MR) is 137 cm³/mol. The van der Waals surface area contributed by atoms with Crippen LogP contribution in [0.15, 0.2) is 40.8 Å². The van der Waals surface area contributed by atoms with Crippen LogP contribution in [-0.4, -0.2) is 51.4 Å². The number of oxazole rings is 1. The Kier molecular flexibility index (Phi) is 7.39. The Morgan fingerprint density at radius 3 is 2.53 bits per heavy atom. The molecule has 202 valence electrons. The number of alkyl halides is 1. The van der Waals surface area contributed by atoms with Crippen LogP contribution in [0.3, 0.4) is 0 Å². The molecule has 3 aromatic rings. The standard InChI is InChI=1S/C27H28ClF2N3O5/c28-18-8-2-3-9-19(18)31-25-32-20-11-10-17(22(29)23(20)37-25)16-21(34)27(30,33-14-6-7-15-33)38-26(24(35)36)12-4-1-5-13-26/h2-3,8-11H,1,4-7,12-16H2,(H,31,32)(H,35,36). The van der Waals surface area contributed by atoms with Crippen molar-refractivity contribution in [2.45, 2.75) is 62.9 Å². The van der Waals surface area contributed by atoms with Crippen LogP contribution < -0.4 is 5.32 Å². The maximum atomic E-state index is 16.6. The number of benzene rings is 2. The van der Waals surface area contributed by atoms with Crippen LogP contribution in [0.4, 0.5) is 20.5 Å². The predicted octanol–water partition coefficient (Wildman–Crippen LogP) is 6.00. The molecule has 1 saturated heterocycles. The van der Waals surface area contributed by atoms with E-state index < -0.39 is 35.6 Å². The fraction of sp³-hybridized carbons (Fsp3) is 0.444. The average Bonchev–Trinajstić information content (AvgIpc) is 3.59. The highest BCUT2D eigenvalue weighted by molar-refractivity contribution is 6.33. The molecule has 1 unspecified atom stereocenters. The third kappa shape index (κ3) is 5.00. The molecule has 2 aliphatic rings. The summed E-state index contributed by atoms with van der Waals surface area (Å²) in [7, 11) is 0. The Morgan fingerprint density at radius 2 is 1.84 bits per heavy atom. The molecular weight excluding hydrogens is 520 g/mol. The smallest absolute Gasteiger partial charge is 0.336 e. The zero-order chi connectivity index (χ0) is 26.9. The lowest BCUT2D eigenvalue weighted by Crippen LogP contribution is -2.60. The van der Waals surface area contributed by atoms with Gasteiger partial charge >= 0.3 is 11.9 Å². The van der Waals surface area contributed by atoms with Crippen molar-refractivity contribution in [3.05, 3.63) is 52.8 Å². The first-order valence-corrected chi connectivity index (χ1v) is 13.1. The second kappa shape index (κ2) is 10.6. The molecule has 38 heavy (non-hydrogen) atoms. The van der Waals surface area contributed by atoms with Gasteiger partial charge in [0.05, 0.1) is 10.7 Å². The highest BCUT2D eigenvalue weighted by Crippen LogP contribution is 2.40. The third-order valence-corrected chi connectivity index (χ3v) is 7.61. The first kappa shape index (κ1) is 26.5. The fourth-order valence-electron chi connectivity index (χ4n) is 5.19. The summed E-state index contributed by atoms with van der Waals surface area (Å²) in [6, 6.07) is 9.70. The minimum atomic E-state index is -2.99. The minimum Gasteiger partial charge on any atom is -0.479 e. The summed E-state index contributed by atoms with van der Waals surface area (Å²) in [5, 5.41) is 13.2. The van der Waals surface area contributed by atoms with Gasteiger partial charge in [-0.25, -0.2) is 14.1 Å². The van der Waals surface area contributed by atoms with Crippen molar-refractivity contribution in [3.8, 4) is 0 Å². The third-order valence-electron chi connectivity index (χ3n) is 7.28. The van der Waals surface area contributed by atoms with E-state index in [1.165, 1.54) is 17.0 Å². The van der Waals surface area contributed by atoms with Crippen molar-refractivity contribution in [2.75, 3.05) is 18.4 Å². The van der Waals surface area contributed by atoms with E-state index in [1.54, 1.807) is 24.3 Å². The summed E-state index contributed by atoms with van der Waals surface area (Å²) in [4.78, 5) is 31.1. The van der Waals surface area contributed by atoms with Gasteiger partial charge in [0.2, 0.25) is 5.78 Å². The molecule has 1 saturated carbocycles. The van der Waals surface area contributed by atoms with Crippen LogP contribution in [0.2, 0.25) is 5.02 Å². The van der Waals surface area contributed by atoms with Crippen molar-refractivity contribution >= 4 is 46.2 Å². The fourth-order valence-corrected chi connectivity index (χ4v) is 5.38. The van der Waals surface area contributed by atoms with Crippen molar-refractivity contribution in [3.63, 3.8) is 0 Å². The quantitative estimate of drug-likeness (QED) is 0.314. The maximum absolute atomic E-state index is 16.6. The number of aliphatic carboxylic acids is 1. The second-order valence-corrected chi connectivity index (χ2v) is 10.2. The van der Waals surface area contributed by atoms with Crippen molar-refractivity contribution in [2.24, 2.45) is 0 Å². The van der Waals surface area contributed by atoms with Crippen LogP contribution in [0, 0.1) is 5.82 Å². The topological polar surface area (TPSA) is 105 Å². The molecule has 2 N–H and O–H groups in total. The molecule has 2 aromatic carbocycles. The van der Waals surface area contributed by atoms with Crippen molar-refractivity contribution < 1.29 is 32.6 Å². The molecule has 1 aliphatic carbocycles. The van der Waals surface area contributed by atoms with E-state index >= 15 is 8.78 Å². The zero-order valence-corrected chi connectivity index (χ0v) is 21.4. The SMILES string of the molecule is O=C(O)C1(OC(F)(C(=O)Cc2ccc3nc(Nc4ccccc4Cl)oc3c2F)N2CCCC2)CCCCC1. The number of likely N-dealkylation sites (tertiary alicyclic amines) is 1. The normalized spacial score (nSPS) is 19.3. The number of carbonyl (C=O) groups excluding carboxylic acids is 1. The molecule has 0 amide bonds. The summed E-state index contributed by atoms with van der Waals surface area (Å²) < 4.78 is 43.3. The number of aromatic nitrogens is 1. The number of hydrogen-bond acceptors (Lipinski definition) is 7. The molecule has 0 bridgehead atoms. The molecule has 1 aromatic heterocycles. The van der Waals surface area contributed by atoms with Gasteiger partial charge in [-0.2, -0.15) is 9.37 Å². The molecule has 2 fully saturated rings. The number of nitrogens with one attached hydrogen (secondary N) is 1. The first-order valence-electron chi connectivity index (χ1n) is 12.7. The summed E-state index contributed by atoms with van der Waals surface area (Å²) in [6.45, 7) is 0.470. The summed E-state index contributed by atoms with van der Waals surface area (Å²) in [5.74, 6) is -6.20. The molecule has 1 aliphatic heterocycles. The number of halogens is 3. The van der Waals surface area contributed by atoms with Crippen LogP contribution in [-0.2, 0) is 20.7 Å². The van der Waals surface area contributed by atoms with Crippen LogP contribution in [0.1, 0.15) is 50.5 Å². The summed E-state index contributed by atoms with van der Waals surface area (Å²) in [6.07, 6.45) is 2.76. The Balaban J connectivity index is 1.42. The van der Waals surface area contributed by atoms with Gasteiger partial charge in [-0.15, -0.1) is 0 Å². The van der Waals surface area contributed by atoms with Gasteiger partial charge in [0.1, 0.15) is 5.52 Å². The van der Waals surface area contributed by atoms with E-state index in [0.29, 0.717) is 36.4 Å². The molecule has 1 atom stereocenters. The van der Waals surface area contributed by atoms with Crippen molar-refractivity contribution in [1.29, 1.82) is 0 Å². The highest BCUT2D eigenvalue weighted by atomic mass is 35.5. The van der Waals surface area contributed by atoms with E-state index in [1.807, 2.05) is 0 Å². The number of anilines is 2. The second-order valence-electron chi connectivity index (χ2n) is 9.83. The maximum Gasteiger partial charge on any atom is 0.336 e. The minimum absolute atomic E-state index is 0.00332. The number of fused-ring (bicyclic) bond motifs is 1. The number of ether oxygens (including phenoxy) is 1. The van der Waals surface area contributed by atoms with Crippen LogP contribution >= 0.6 is 11.6 Å². The zero-order valence-electron chi connectivity index (χ0n) is 20.6. The van der Waals surface area contributed by atoms with E-state index in [0.717, 1.165) is 6.42 Å². The number of carboxylic acids is 1. The lowest BCUT2D eigenvalue weighted by Gasteiger charge is -2.42. The summed E-state index contributed by atoms with van der Waals surface area (Å²) >= 11 is 6.15. The Hall–Kier alpha value is -3.08. The Labute approximate surface area is 222 Å². The number of nitrogens with zero attached hydrogens (tertiary/aromatic N) is 2. The highest BCUT2D eigenvalue weighted by Gasteiger charge is 2.55.